The average molecular weight is 771 g/mol. The lowest BCUT2D eigenvalue weighted by atomic mass is 9.96. The molecule has 2 aliphatic rings. The summed E-state index contributed by atoms with van der Waals surface area (Å²) in [4.78, 5) is 56.4. The number of aromatic nitrogens is 4. The Morgan fingerprint density at radius 3 is 2.40 bits per heavy atom. The first-order valence-electron chi connectivity index (χ1n) is 19.4. The van der Waals surface area contributed by atoms with E-state index in [9.17, 15) is 14.4 Å². The Kier molecular flexibility index (Phi) is 11.3. The van der Waals surface area contributed by atoms with Crippen LogP contribution in [-0.2, 0) is 16.6 Å². The number of piperazine rings is 1. The monoisotopic (exact) mass is 770 g/mol. The predicted octanol–water partition coefficient (Wildman–Crippen LogP) is 6.57. The van der Waals surface area contributed by atoms with Crippen molar-refractivity contribution in [3.8, 4) is 11.3 Å². The van der Waals surface area contributed by atoms with Crippen LogP contribution in [0.1, 0.15) is 80.3 Å². The van der Waals surface area contributed by atoms with Crippen molar-refractivity contribution in [3.63, 3.8) is 0 Å². The number of carbonyl (C=O) groups excluding carboxylic acids is 3. The number of benzene rings is 3. The summed E-state index contributed by atoms with van der Waals surface area (Å²) in [7, 11) is 0. The number of imide groups is 1. The van der Waals surface area contributed by atoms with Crippen LogP contribution >= 0.6 is 0 Å². The van der Waals surface area contributed by atoms with Gasteiger partial charge < -0.3 is 20.1 Å². The second kappa shape index (κ2) is 16.5. The minimum absolute atomic E-state index is 0.0502. The number of anilines is 4. The summed E-state index contributed by atoms with van der Waals surface area (Å²) in [6.07, 6.45) is 2.80. The van der Waals surface area contributed by atoms with Gasteiger partial charge in [0, 0.05) is 79.3 Å². The highest BCUT2D eigenvalue weighted by atomic mass is 16.5. The first-order chi connectivity index (χ1) is 27.3. The second-order valence-corrected chi connectivity index (χ2v) is 15.9. The molecule has 296 valence electrons. The fourth-order valence-electron chi connectivity index (χ4n) is 7.30. The van der Waals surface area contributed by atoms with Gasteiger partial charge in [0.05, 0.1) is 11.7 Å². The van der Waals surface area contributed by atoms with E-state index >= 15 is 0 Å². The number of nitrogens with one attached hydrogen (secondary N) is 3. The van der Waals surface area contributed by atoms with Crippen LogP contribution in [0.5, 0.6) is 0 Å². The molecule has 7 rings (SSSR count). The minimum atomic E-state index is -0.411. The molecule has 0 aliphatic carbocycles. The molecular formula is C43H50N10O4. The van der Waals surface area contributed by atoms with Gasteiger partial charge in [0.25, 0.3) is 0 Å². The summed E-state index contributed by atoms with van der Waals surface area (Å²) in [6.45, 7) is 16.3. The summed E-state index contributed by atoms with van der Waals surface area (Å²) in [6, 6.07) is 24.2. The number of hydrogen-bond acceptors (Lipinski definition) is 11. The maximum Gasteiger partial charge on any atom is 0.328 e. The Labute approximate surface area is 333 Å². The van der Waals surface area contributed by atoms with Gasteiger partial charge in [-0.25, -0.2) is 14.8 Å². The van der Waals surface area contributed by atoms with E-state index in [2.05, 4.69) is 95.2 Å². The highest BCUT2D eigenvalue weighted by Crippen LogP contribution is 2.28. The van der Waals surface area contributed by atoms with E-state index in [1.54, 1.807) is 11.2 Å². The Hall–Kier alpha value is -6.15. The lowest BCUT2D eigenvalue weighted by Crippen LogP contribution is -2.52. The zero-order chi connectivity index (χ0) is 40.3. The SMILES string of the molecule is Cc1cc(-c2cc(Nc3ccc(N4CCN(CCc5ccc(N6CCC(=O)NC6=O)cc5)C[C@@H]4C)cc3)ncn2)ccc1[C@@H](C)NC(=O)c1nc(C(C)(C)C)no1. The van der Waals surface area contributed by atoms with Crippen molar-refractivity contribution in [2.24, 2.45) is 0 Å². The van der Waals surface area contributed by atoms with E-state index < -0.39 is 5.91 Å². The Morgan fingerprint density at radius 1 is 0.965 bits per heavy atom. The topological polar surface area (TPSA) is 162 Å². The highest BCUT2D eigenvalue weighted by molar-refractivity contribution is 6.05. The van der Waals surface area contributed by atoms with E-state index in [1.807, 2.05) is 65.0 Å². The fourth-order valence-corrected chi connectivity index (χ4v) is 7.30. The van der Waals surface area contributed by atoms with Crippen LogP contribution in [0.15, 0.2) is 83.6 Å². The van der Waals surface area contributed by atoms with Crippen molar-refractivity contribution in [3.05, 3.63) is 108 Å². The van der Waals surface area contributed by atoms with Gasteiger partial charge >= 0.3 is 17.8 Å². The molecule has 4 amide bonds. The zero-order valence-corrected chi connectivity index (χ0v) is 33.4. The van der Waals surface area contributed by atoms with Gasteiger partial charge in [0.2, 0.25) is 5.91 Å². The normalized spacial score (nSPS) is 17.0. The van der Waals surface area contributed by atoms with Gasteiger partial charge in [0.15, 0.2) is 5.82 Å². The molecular weight excluding hydrogens is 721 g/mol. The van der Waals surface area contributed by atoms with Crippen LogP contribution in [0.4, 0.5) is 27.7 Å². The molecule has 2 aromatic heterocycles. The first-order valence-corrected chi connectivity index (χ1v) is 19.4. The molecule has 14 nitrogen and oxygen atoms in total. The number of carbonyl (C=O) groups is 3. The number of nitrogens with zero attached hydrogens (tertiary/aromatic N) is 7. The molecule has 2 atom stereocenters. The molecule has 3 aromatic carbocycles. The van der Waals surface area contributed by atoms with Crippen LogP contribution in [0.3, 0.4) is 0 Å². The van der Waals surface area contributed by atoms with Crippen LogP contribution in [0.2, 0.25) is 0 Å². The van der Waals surface area contributed by atoms with E-state index in [0.717, 1.165) is 66.4 Å². The molecule has 0 saturated carbocycles. The molecule has 4 heterocycles. The van der Waals surface area contributed by atoms with Gasteiger partial charge in [-0.3, -0.25) is 24.7 Å². The Morgan fingerprint density at radius 2 is 1.72 bits per heavy atom. The molecule has 2 fully saturated rings. The quantitative estimate of drug-likeness (QED) is 0.133. The highest BCUT2D eigenvalue weighted by Gasteiger charge is 2.27. The fraction of sp³-hybridized carbons (Fsp3) is 0.372. The lowest BCUT2D eigenvalue weighted by Gasteiger charge is -2.41. The lowest BCUT2D eigenvalue weighted by molar-refractivity contribution is -0.120. The molecule has 5 aromatic rings. The smallest absolute Gasteiger partial charge is 0.328 e. The van der Waals surface area contributed by atoms with Crippen molar-refractivity contribution >= 4 is 40.7 Å². The summed E-state index contributed by atoms with van der Waals surface area (Å²) in [5.74, 6) is 0.486. The number of amides is 4. The molecule has 3 N–H and O–H groups in total. The molecule has 2 saturated heterocycles. The van der Waals surface area contributed by atoms with Crippen LogP contribution in [-0.4, -0.2) is 81.6 Å². The largest absolute Gasteiger partial charge is 0.366 e. The molecule has 57 heavy (non-hydrogen) atoms. The summed E-state index contributed by atoms with van der Waals surface area (Å²) in [5.41, 5.74) is 7.53. The minimum Gasteiger partial charge on any atom is -0.366 e. The molecule has 2 aliphatic heterocycles. The predicted molar refractivity (Wildman–Crippen MR) is 220 cm³/mol. The van der Waals surface area contributed by atoms with E-state index in [4.69, 9.17) is 4.52 Å². The van der Waals surface area contributed by atoms with Gasteiger partial charge in [-0.05, 0) is 86.3 Å². The van der Waals surface area contributed by atoms with E-state index in [1.165, 1.54) is 11.3 Å². The second-order valence-electron chi connectivity index (χ2n) is 15.9. The van der Waals surface area contributed by atoms with Crippen molar-refractivity contribution < 1.29 is 18.9 Å². The zero-order valence-electron chi connectivity index (χ0n) is 33.4. The maximum atomic E-state index is 12.8. The molecule has 0 spiro atoms. The third-order valence-electron chi connectivity index (χ3n) is 10.5. The number of rotatable bonds is 11. The Balaban J connectivity index is 0.901. The molecule has 14 heteroatoms. The summed E-state index contributed by atoms with van der Waals surface area (Å²) >= 11 is 0. The van der Waals surface area contributed by atoms with Crippen LogP contribution in [0, 0.1) is 6.92 Å². The number of aryl methyl sites for hydroxylation is 1. The van der Waals surface area contributed by atoms with Gasteiger partial charge in [-0.2, -0.15) is 4.98 Å². The van der Waals surface area contributed by atoms with Gasteiger partial charge in [0.1, 0.15) is 12.1 Å². The third-order valence-corrected chi connectivity index (χ3v) is 10.5. The van der Waals surface area contributed by atoms with Crippen LogP contribution in [0.25, 0.3) is 11.3 Å². The van der Waals surface area contributed by atoms with Crippen LogP contribution < -0.4 is 25.8 Å². The maximum absolute atomic E-state index is 12.8. The molecule has 0 radical (unpaired) electrons. The average Bonchev–Trinajstić information content (AvgIpc) is 3.70. The van der Waals surface area contributed by atoms with Crippen molar-refractivity contribution in [1.82, 2.24) is 35.6 Å². The number of hydrogen-bond donors (Lipinski definition) is 3. The van der Waals surface area contributed by atoms with E-state index in [0.29, 0.717) is 30.6 Å². The number of urea groups is 1. The standard InChI is InChI=1S/C43H50N10O4/c1-27-23-31(9-16-35(27)29(3)46-39(55)40-49-41(50-57-40)43(4,5)6)36-24-37(45-26-44-36)47-32-10-14-33(15-11-32)52-22-21-51(25-28(52)2)19-17-30-7-12-34(13-8-30)53-20-18-38(54)48-42(53)56/h7-16,23-24,26,28-29H,17-22,25H2,1-6H3,(H,46,55)(H,44,45,47)(H,48,54,56)/t28-,29+/m0/s1. The molecule has 0 bridgehead atoms. The van der Waals surface area contributed by atoms with Gasteiger partial charge in [-0.15, -0.1) is 0 Å². The van der Waals surface area contributed by atoms with Crippen molar-refractivity contribution in [2.75, 3.05) is 47.8 Å². The summed E-state index contributed by atoms with van der Waals surface area (Å²) in [5, 5.41) is 12.7. The molecule has 0 unspecified atom stereocenters. The van der Waals surface area contributed by atoms with Crippen molar-refractivity contribution in [1.29, 1.82) is 0 Å². The Bertz CT molecular complexity index is 2230. The van der Waals surface area contributed by atoms with E-state index in [-0.39, 0.29) is 29.3 Å². The summed E-state index contributed by atoms with van der Waals surface area (Å²) < 4.78 is 5.22. The first kappa shape index (κ1) is 39.1. The van der Waals surface area contributed by atoms with Gasteiger partial charge in [-0.1, -0.05) is 50.2 Å². The van der Waals surface area contributed by atoms with Crippen molar-refractivity contribution in [2.45, 2.75) is 71.9 Å². The third kappa shape index (κ3) is 9.29.